The number of hydrogen-bond acceptors (Lipinski definition) is 2. The standard InChI is InChI=1S/C13H26N2O/c1-10(2)12-7-8-15(9-12)13(16)6-4-5-11(3)14/h10-12H,4-9,14H2,1-3H3. The minimum absolute atomic E-state index is 0.217. The summed E-state index contributed by atoms with van der Waals surface area (Å²) in [6, 6.07) is 0.217. The Balaban J connectivity index is 2.23. The van der Waals surface area contributed by atoms with Crippen LogP contribution in [-0.2, 0) is 4.79 Å². The van der Waals surface area contributed by atoms with Crippen molar-refractivity contribution in [2.24, 2.45) is 17.6 Å². The lowest BCUT2D eigenvalue weighted by atomic mass is 9.95. The highest BCUT2D eigenvalue weighted by molar-refractivity contribution is 5.76. The molecule has 3 nitrogen and oxygen atoms in total. The van der Waals surface area contributed by atoms with Gasteiger partial charge in [0.25, 0.3) is 0 Å². The topological polar surface area (TPSA) is 46.3 Å². The highest BCUT2D eigenvalue weighted by Gasteiger charge is 2.27. The van der Waals surface area contributed by atoms with Gasteiger partial charge >= 0.3 is 0 Å². The van der Waals surface area contributed by atoms with Crippen molar-refractivity contribution in [1.29, 1.82) is 0 Å². The van der Waals surface area contributed by atoms with Gasteiger partial charge in [0.2, 0.25) is 5.91 Å². The zero-order chi connectivity index (χ0) is 12.1. The van der Waals surface area contributed by atoms with Crippen LogP contribution >= 0.6 is 0 Å². The predicted molar refractivity (Wildman–Crippen MR) is 67.0 cm³/mol. The molecule has 1 amide bonds. The molecule has 16 heavy (non-hydrogen) atoms. The third kappa shape index (κ3) is 4.12. The molecule has 0 bridgehead atoms. The summed E-state index contributed by atoms with van der Waals surface area (Å²) in [6.07, 6.45) is 3.73. The van der Waals surface area contributed by atoms with Gasteiger partial charge in [-0.3, -0.25) is 4.79 Å². The van der Waals surface area contributed by atoms with Crippen LogP contribution in [0.4, 0.5) is 0 Å². The number of nitrogens with zero attached hydrogens (tertiary/aromatic N) is 1. The van der Waals surface area contributed by atoms with E-state index < -0.39 is 0 Å². The zero-order valence-electron chi connectivity index (χ0n) is 10.9. The molecule has 1 rings (SSSR count). The number of rotatable bonds is 5. The average Bonchev–Trinajstić information content (AvgIpc) is 2.65. The van der Waals surface area contributed by atoms with Gasteiger partial charge in [0.15, 0.2) is 0 Å². The number of hydrogen-bond donors (Lipinski definition) is 1. The Hall–Kier alpha value is -0.570. The minimum Gasteiger partial charge on any atom is -0.342 e. The molecule has 1 saturated heterocycles. The summed E-state index contributed by atoms with van der Waals surface area (Å²) in [7, 11) is 0. The highest BCUT2D eigenvalue weighted by atomic mass is 16.2. The van der Waals surface area contributed by atoms with E-state index in [-0.39, 0.29) is 6.04 Å². The van der Waals surface area contributed by atoms with Crippen molar-refractivity contribution < 1.29 is 4.79 Å². The molecular weight excluding hydrogens is 200 g/mol. The van der Waals surface area contributed by atoms with E-state index >= 15 is 0 Å². The first kappa shape index (κ1) is 13.5. The lowest BCUT2D eigenvalue weighted by Gasteiger charge is -2.18. The molecule has 2 atom stereocenters. The van der Waals surface area contributed by atoms with Crippen LogP contribution in [0.2, 0.25) is 0 Å². The van der Waals surface area contributed by atoms with Crippen molar-refractivity contribution in [2.75, 3.05) is 13.1 Å². The average molecular weight is 226 g/mol. The Morgan fingerprint density at radius 2 is 2.12 bits per heavy atom. The van der Waals surface area contributed by atoms with Crippen molar-refractivity contribution >= 4 is 5.91 Å². The van der Waals surface area contributed by atoms with Gasteiger partial charge < -0.3 is 10.6 Å². The smallest absolute Gasteiger partial charge is 0.222 e. The van der Waals surface area contributed by atoms with Crippen LogP contribution in [0.15, 0.2) is 0 Å². The second-order valence-electron chi connectivity index (χ2n) is 5.50. The molecule has 0 radical (unpaired) electrons. The maximum absolute atomic E-state index is 11.9. The van der Waals surface area contributed by atoms with E-state index in [2.05, 4.69) is 13.8 Å². The summed E-state index contributed by atoms with van der Waals surface area (Å²) in [5.74, 6) is 1.73. The minimum atomic E-state index is 0.217. The molecule has 1 aliphatic heterocycles. The van der Waals surface area contributed by atoms with Crippen LogP contribution in [0.5, 0.6) is 0 Å². The van der Waals surface area contributed by atoms with E-state index in [9.17, 15) is 4.79 Å². The Bertz CT molecular complexity index is 226. The van der Waals surface area contributed by atoms with Gasteiger partial charge in [-0.25, -0.2) is 0 Å². The van der Waals surface area contributed by atoms with Crippen molar-refractivity contribution in [3.8, 4) is 0 Å². The summed E-state index contributed by atoms with van der Waals surface area (Å²) in [6.45, 7) is 8.41. The zero-order valence-corrected chi connectivity index (χ0v) is 10.9. The van der Waals surface area contributed by atoms with Crippen molar-refractivity contribution in [1.82, 2.24) is 4.90 Å². The van der Waals surface area contributed by atoms with Crippen LogP contribution in [0.25, 0.3) is 0 Å². The fraction of sp³-hybridized carbons (Fsp3) is 0.923. The van der Waals surface area contributed by atoms with E-state index in [1.54, 1.807) is 0 Å². The molecule has 0 aromatic carbocycles. The molecule has 1 fully saturated rings. The Morgan fingerprint density at radius 1 is 1.44 bits per heavy atom. The first-order valence-corrected chi connectivity index (χ1v) is 6.54. The van der Waals surface area contributed by atoms with Gasteiger partial charge in [0.1, 0.15) is 0 Å². The van der Waals surface area contributed by atoms with Gasteiger partial charge in [0, 0.05) is 25.6 Å². The molecule has 0 aliphatic carbocycles. The number of carbonyl (C=O) groups excluding carboxylic acids is 1. The van der Waals surface area contributed by atoms with Gasteiger partial charge in [-0.05, 0) is 38.0 Å². The van der Waals surface area contributed by atoms with Crippen molar-refractivity contribution in [2.45, 2.75) is 52.5 Å². The van der Waals surface area contributed by atoms with E-state index in [1.165, 1.54) is 6.42 Å². The fourth-order valence-electron chi connectivity index (χ4n) is 2.29. The highest BCUT2D eigenvalue weighted by Crippen LogP contribution is 2.24. The first-order chi connectivity index (χ1) is 7.50. The third-order valence-electron chi connectivity index (χ3n) is 3.57. The summed E-state index contributed by atoms with van der Waals surface area (Å²) >= 11 is 0. The first-order valence-electron chi connectivity index (χ1n) is 6.54. The Kier molecular flexibility index (Phi) is 5.26. The maximum atomic E-state index is 11.9. The van der Waals surface area contributed by atoms with Crippen LogP contribution in [0.3, 0.4) is 0 Å². The van der Waals surface area contributed by atoms with E-state index in [1.807, 2.05) is 11.8 Å². The normalized spacial score (nSPS) is 22.8. The Morgan fingerprint density at radius 3 is 2.62 bits per heavy atom. The van der Waals surface area contributed by atoms with Crippen LogP contribution < -0.4 is 5.73 Å². The largest absolute Gasteiger partial charge is 0.342 e. The van der Waals surface area contributed by atoms with Crippen molar-refractivity contribution in [3.63, 3.8) is 0 Å². The molecule has 1 aliphatic rings. The van der Waals surface area contributed by atoms with Crippen LogP contribution in [0.1, 0.15) is 46.5 Å². The van der Waals surface area contributed by atoms with Crippen molar-refractivity contribution in [3.05, 3.63) is 0 Å². The number of amides is 1. The van der Waals surface area contributed by atoms with Crippen LogP contribution in [-0.4, -0.2) is 29.9 Å². The number of nitrogens with two attached hydrogens (primary N) is 1. The molecule has 0 saturated carbocycles. The maximum Gasteiger partial charge on any atom is 0.222 e. The number of carbonyl (C=O) groups is 1. The third-order valence-corrected chi connectivity index (χ3v) is 3.57. The Labute approximate surface area is 99.4 Å². The second-order valence-corrected chi connectivity index (χ2v) is 5.50. The molecule has 94 valence electrons. The van der Waals surface area contributed by atoms with Gasteiger partial charge in [0.05, 0.1) is 0 Å². The molecular formula is C13H26N2O. The van der Waals surface area contributed by atoms with Gasteiger partial charge in [-0.2, -0.15) is 0 Å². The molecule has 0 aromatic heterocycles. The quantitative estimate of drug-likeness (QED) is 0.779. The summed E-state index contributed by atoms with van der Waals surface area (Å²) < 4.78 is 0. The lowest BCUT2D eigenvalue weighted by Crippen LogP contribution is -2.29. The molecule has 2 unspecified atom stereocenters. The SMILES string of the molecule is CC(N)CCCC(=O)N1CCC(C(C)C)C1. The van der Waals surface area contributed by atoms with Gasteiger partial charge in [-0.1, -0.05) is 13.8 Å². The molecule has 2 N–H and O–H groups in total. The number of likely N-dealkylation sites (tertiary alicyclic amines) is 1. The summed E-state index contributed by atoms with van der Waals surface area (Å²) in [4.78, 5) is 13.9. The molecule has 1 heterocycles. The predicted octanol–water partition coefficient (Wildman–Crippen LogP) is 2.01. The monoisotopic (exact) mass is 226 g/mol. The van der Waals surface area contributed by atoms with E-state index in [0.29, 0.717) is 24.2 Å². The lowest BCUT2D eigenvalue weighted by molar-refractivity contribution is -0.130. The molecule has 0 spiro atoms. The van der Waals surface area contributed by atoms with E-state index in [4.69, 9.17) is 5.73 Å². The summed E-state index contributed by atoms with van der Waals surface area (Å²) in [5, 5.41) is 0. The molecule has 0 aromatic rings. The van der Waals surface area contributed by atoms with Gasteiger partial charge in [-0.15, -0.1) is 0 Å². The molecule has 3 heteroatoms. The van der Waals surface area contributed by atoms with Crippen LogP contribution in [0, 0.1) is 11.8 Å². The second kappa shape index (κ2) is 6.24. The van der Waals surface area contributed by atoms with E-state index in [0.717, 1.165) is 25.9 Å². The fourth-order valence-corrected chi connectivity index (χ4v) is 2.29. The summed E-state index contributed by atoms with van der Waals surface area (Å²) in [5.41, 5.74) is 5.67.